The van der Waals surface area contributed by atoms with Crippen LogP contribution in [0.5, 0.6) is 0 Å². The minimum atomic E-state index is -0.373. The Morgan fingerprint density at radius 2 is 1.65 bits per heavy atom. The molecule has 0 radical (unpaired) electrons. The van der Waals surface area contributed by atoms with Gasteiger partial charge in [-0.05, 0) is 61.7 Å². The summed E-state index contributed by atoms with van der Waals surface area (Å²) in [6.07, 6.45) is 0. The van der Waals surface area contributed by atoms with E-state index < -0.39 is 0 Å². The minimum absolute atomic E-state index is 0.308. The number of nitrogens with one attached hydrogen (secondary N) is 1. The average molecular weight is 336 g/mol. The third-order valence-corrected chi connectivity index (χ3v) is 3.63. The zero-order valence-electron chi connectivity index (χ0n) is 11.6. The third kappa shape index (κ3) is 3.07. The number of halogens is 2. The zero-order chi connectivity index (χ0) is 14.9. The van der Waals surface area contributed by atoms with Gasteiger partial charge in [-0.2, -0.15) is 0 Å². The van der Waals surface area contributed by atoms with Crippen LogP contribution in [0.15, 0.2) is 34.8 Å². The van der Waals surface area contributed by atoms with Crippen LogP contribution < -0.4 is 5.32 Å². The first-order valence-corrected chi connectivity index (χ1v) is 7.02. The van der Waals surface area contributed by atoms with Crippen LogP contribution in [-0.2, 0) is 0 Å². The van der Waals surface area contributed by atoms with Gasteiger partial charge in [-0.3, -0.25) is 4.79 Å². The summed E-state index contributed by atoms with van der Waals surface area (Å²) in [4.78, 5) is 12.2. The summed E-state index contributed by atoms with van der Waals surface area (Å²) < 4.78 is 14.5. The number of rotatable bonds is 2. The molecule has 0 aliphatic heterocycles. The number of carbonyl (C=O) groups excluding carboxylic acids is 1. The summed E-state index contributed by atoms with van der Waals surface area (Å²) in [6.45, 7) is 5.51. The number of hydrogen-bond acceptors (Lipinski definition) is 1. The molecule has 104 valence electrons. The molecule has 4 heteroatoms. The lowest BCUT2D eigenvalue weighted by atomic mass is 10.1. The Labute approximate surface area is 126 Å². The van der Waals surface area contributed by atoms with Crippen molar-refractivity contribution in [1.82, 2.24) is 0 Å². The normalized spacial score (nSPS) is 10.4. The molecule has 20 heavy (non-hydrogen) atoms. The smallest absolute Gasteiger partial charge is 0.255 e. The van der Waals surface area contributed by atoms with E-state index in [-0.39, 0.29) is 11.7 Å². The summed E-state index contributed by atoms with van der Waals surface area (Å²) in [5, 5.41) is 2.84. The lowest BCUT2D eigenvalue weighted by molar-refractivity contribution is 0.102. The molecule has 1 N–H and O–H groups in total. The van der Waals surface area contributed by atoms with Crippen LogP contribution in [0.4, 0.5) is 10.1 Å². The summed E-state index contributed by atoms with van der Waals surface area (Å²) in [5.41, 5.74) is 3.52. The number of amides is 1. The Bertz CT molecular complexity index is 659. The molecule has 0 aliphatic carbocycles. The summed E-state index contributed by atoms with van der Waals surface area (Å²) in [7, 11) is 0. The molecule has 1 amide bonds. The second kappa shape index (κ2) is 5.75. The summed E-state index contributed by atoms with van der Waals surface area (Å²) >= 11 is 3.41. The Hall–Kier alpha value is -1.68. The Kier molecular flexibility index (Phi) is 4.23. The van der Waals surface area contributed by atoms with Gasteiger partial charge in [0.2, 0.25) is 0 Å². The molecule has 0 unspecified atom stereocenters. The number of hydrogen-bond donors (Lipinski definition) is 1. The van der Waals surface area contributed by atoms with E-state index in [2.05, 4.69) is 21.2 Å². The minimum Gasteiger partial charge on any atom is -0.322 e. The van der Waals surface area contributed by atoms with Crippen LogP contribution in [0.2, 0.25) is 0 Å². The molecule has 2 nitrogen and oxygen atoms in total. The fourth-order valence-electron chi connectivity index (χ4n) is 2.03. The van der Waals surface area contributed by atoms with E-state index in [1.807, 2.05) is 26.0 Å². The van der Waals surface area contributed by atoms with Crippen LogP contribution in [0.1, 0.15) is 27.0 Å². The molecule has 2 aromatic carbocycles. The molecule has 0 aromatic heterocycles. The molecule has 2 rings (SSSR count). The van der Waals surface area contributed by atoms with E-state index in [1.54, 1.807) is 19.1 Å². The molecular weight excluding hydrogens is 321 g/mol. The zero-order valence-corrected chi connectivity index (χ0v) is 13.1. The van der Waals surface area contributed by atoms with Crippen molar-refractivity contribution in [3.05, 3.63) is 62.9 Å². The lowest BCUT2D eigenvalue weighted by Gasteiger charge is -2.12. The van der Waals surface area contributed by atoms with Crippen molar-refractivity contribution in [2.75, 3.05) is 5.32 Å². The predicted octanol–water partition coefficient (Wildman–Crippen LogP) is 4.77. The van der Waals surface area contributed by atoms with Gasteiger partial charge in [0.25, 0.3) is 5.91 Å². The lowest BCUT2D eigenvalue weighted by Crippen LogP contribution is -2.14. The first kappa shape index (κ1) is 14.7. The van der Waals surface area contributed by atoms with E-state index in [0.717, 1.165) is 21.3 Å². The maximum atomic E-state index is 13.5. The van der Waals surface area contributed by atoms with Gasteiger partial charge in [0, 0.05) is 15.7 Å². The number of aryl methyl sites for hydroxylation is 3. The third-order valence-electron chi connectivity index (χ3n) is 3.17. The first-order chi connectivity index (χ1) is 9.38. The Morgan fingerprint density at radius 1 is 1.05 bits per heavy atom. The molecule has 2 aromatic rings. The van der Waals surface area contributed by atoms with Crippen LogP contribution in [0.3, 0.4) is 0 Å². The van der Waals surface area contributed by atoms with Gasteiger partial charge in [-0.25, -0.2) is 4.39 Å². The second-order valence-electron chi connectivity index (χ2n) is 4.83. The van der Waals surface area contributed by atoms with Crippen molar-refractivity contribution in [3.8, 4) is 0 Å². The molecule has 0 atom stereocenters. The van der Waals surface area contributed by atoms with Gasteiger partial charge in [0.05, 0.1) is 0 Å². The molecule has 0 aliphatic rings. The van der Waals surface area contributed by atoms with Crippen molar-refractivity contribution in [2.24, 2.45) is 0 Å². The highest BCUT2D eigenvalue weighted by atomic mass is 79.9. The monoisotopic (exact) mass is 335 g/mol. The van der Waals surface area contributed by atoms with Crippen molar-refractivity contribution in [1.29, 1.82) is 0 Å². The van der Waals surface area contributed by atoms with Crippen molar-refractivity contribution in [2.45, 2.75) is 20.8 Å². The quantitative estimate of drug-likeness (QED) is 0.841. The Balaban J connectivity index is 2.30. The maximum Gasteiger partial charge on any atom is 0.255 e. The van der Waals surface area contributed by atoms with Gasteiger partial charge >= 0.3 is 0 Å². The number of carbonyl (C=O) groups is 1. The molecule has 0 saturated heterocycles. The summed E-state index contributed by atoms with van der Waals surface area (Å²) in [6, 6.07) is 8.34. The molecule has 0 heterocycles. The molecule has 0 bridgehead atoms. The molecular formula is C16H15BrFNO. The SMILES string of the molecule is Cc1ccc(C(=O)Nc2c(C)cc(Br)cc2C)cc1F. The van der Waals surface area contributed by atoms with Crippen LogP contribution in [0.25, 0.3) is 0 Å². The Morgan fingerprint density at radius 3 is 2.20 bits per heavy atom. The van der Waals surface area contributed by atoms with Gasteiger partial charge < -0.3 is 5.32 Å². The average Bonchev–Trinajstić information content (AvgIpc) is 2.36. The largest absolute Gasteiger partial charge is 0.322 e. The van der Waals surface area contributed by atoms with Crippen molar-refractivity contribution >= 4 is 27.5 Å². The van der Waals surface area contributed by atoms with E-state index in [0.29, 0.717) is 11.1 Å². The maximum absolute atomic E-state index is 13.5. The van der Waals surface area contributed by atoms with E-state index >= 15 is 0 Å². The standard InChI is InChI=1S/C16H15BrFNO/c1-9-4-5-12(8-14(9)18)16(20)19-15-10(2)6-13(17)7-11(15)3/h4-8H,1-3H3,(H,19,20). The van der Waals surface area contributed by atoms with Gasteiger partial charge in [-0.1, -0.05) is 22.0 Å². The van der Waals surface area contributed by atoms with E-state index in [4.69, 9.17) is 0 Å². The van der Waals surface area contributed by atoms with Crippen LogP contribution >= 0.6 is 15.9 Å². The van der Waals surface area contributed by atoms with Crippen molar-refractivity contribution in [3.63, 3.8) is 0 Å². The topological polar surface area (TPSA) is 29.1 Å². The van der Waals surface area contributed by atoms with Crippen LogP contribution in [0, 0.1) is 26.6 Å². The van der Waals surface area contributed by atoms with Crippen molar-refractivity contribution < 1.29 is 9.18 Å². The van der Waals surface area contributed by atoms with Gasteiger partial charge in [-0.15, -0.1) is 0 Å². The highest BCUT2D eigenvalue weighted by Gasteiger charge is 2.12. The first-order valence-electron chi connectivity index (χ1n) is 6.22. The highest BCUT2D eigenvalue weighted by molar-refractivity contribution is 9.10. The molecule has 0 fully saturated rings. The number of anilines is 1. The fraction of sp³-hybridized carbons (Fsp3) is 0.188. The molecule has 0 saturated carbocycles. The van der Waals surface area contributed by atoms with E-state index in [1.165, 1.54) is 6.07 Å². The highest BCUT2D eigenvalue weighted by Crippen LogP contribution is 2.25. The van der Waals surface area contributed by atoms with Gasteiger partial charge in [0.15, 0.2) is 0 Å². The van der Waals surface area contributed by atoms with Crippen LogP contribution in [-0.4, -0.2) is 5.91 Å². The second-order valence-corrected chi connectivity index (χ2v) is 5.75. The fourth-order valence-corrected chi connectivity index (χ4v) is 2.71. The molecule has 0 spiro atoms. The number of benzene rings is 2. The van der Waals surface area contributed by atoms with E-state index in [9.17, 15) is 9.18 Å². The predicted molar refractivity (Wildman–Crippen MR) is 82.7 cm³/mol. The summed E-state index contributed by atoms with van der Waals surface area (Å²) in [5.74, 6) is -0.681. The van der Waals surface area contributed by atoms with Gasteiger partial charge in [0.1, 0.15) is 5.82 Å².